The molecule has 23 heavy (non-hydrogen) atoms. The van der Waals surface area contributed by atoms with E-state index in [2.05, 4.69) is 39.8 Å². The predicted molar refractivity (Wildman–Crippen MR) is 93.6 cm³/mol. The van der Waals surface area contributed by atoms with Gasteiger partial charge in [-0.25, -0.2) is 0 Å². The fourth-order valence-electron chi connectivity index (χ4n) is 3.18. The topological polar surface area (TPSA) is 35.5 Å². The van der Waals surface area contributed by atoms with Gasteiger partial charge in [-0.05, 0) is 69.6 Å². The minimum atomic E-state index is -0.361. The third kappa shape index (κ3) is 2.90. The van der Waals surface area contributed by atoms with Gasteiger partial charge >= 0.3 is 7.12 Å². The highest BCUT2D eigenvalue weighted by Crippen LogP contribution is 2.37. The lowest BCUT2D eigenvalue weighted by molar-refractivity contribution is -0.115. The summed E-state index contributed by atoms with van der Waals surface area (Å²) in [4.78, 5) is 12.0. The second-order valence-electron chi connectivity index (χ2n) is 7.59. The summed E-state index contributed by atoms with van der Waals surface area (Å²) in [6, 6.07) is 8.24. The second-order valence-corrected chi connectivity index (χ2v) is 7.59. The van der Waals surface area contributed by atoms with Gasteiger partial charge in [-0.1, -0.05) is 24.3 Å². The lowest BCUT2D eigenvalue weighted by Gasteiger charge is -2.32. The van der Waals surface area contributed by atoms with E-state index in [9.17, 15) is 4.79 Å². The van der Waals surface area contributed by atoms with Crippen molar-refractivity contribution in [2.45, 2.75) is 65.1 Å². The zero-order valence-electron chi connectivity index (χ0n) is 14.7. The van der Waals surface area contributed by atoms with Crippen LogP contribution in [0.25, 0.3) is 5.57 Å². The van der Waals surface area contributed by atoms with Gasteiger partial charge in [-0.3, -0.25) is 4.79 Å². The summed E-state index contributed by atoms with van der Waals surface area (Å²) in [7, 11) is -0.361. The van der Waals surface area contributed by atoms with E-state index in [0.29, 0.717) is 6.42 Å². The third-order valence-electron chi connectivity index (χ3n) is 5.46. The predicted octanol–water partition coefficient (Wildman–Crippen LogP) is 3.51. The lowest BCUT2D eigenvalue weighted by atomic mass is 9.77. The van der Waals surface area contributed by atoms with Crippen LogP contribution in [0.15, 0.2) is 29.8 Å². The van der Waals surface area contributed by atoms with Gasteiger partial charge in [0.05, 0.1) is 11.2 Å². The fraction of sp³-hybridized carbons (Fsp3) is 0.526. The Morgan fingerprint density at radius 2 is 1.70 bits per heavy atom. The Morgan fingerprint density at radius 3 is 2.35 bits per heavy atom. The van der Waals surface area contributed by atoms with E-state index < -0.39 is 0 Å². The number of allylic oxidation sites excluding steroid dienone is 2. The number of rotatable bonds is 2. The van der Waals surface area contributed by atoms with Crippen molar-refractivity contribution in [1.29, 1.82) is 0 Å². The van der Waals surface area contributed by atoms with Crippen molar-refractivity contribution in [2.24, 2.45) is 0 Å². The molecule has 0 bridgehead atoms. The Balaban J connectivity index is 1.93. The van der Waals surface area contributed by atoms with Gasteiger partial charge in [0.1, 0.15) is 0 Å². The zero-order chi connectivity index (χ0) is 16.8. The Labute approximate surface area is 139 Å². The van der Waals surface area contributed by atoms with Crippen molar-refractivity contribution >= 4 is 23.9 Å². The molecule has 0 N–H and O–H groups in total. The molecule has 0 amide bonds. The highest BCUT2D eigenvalue weighted by Gasteiger charge is 2.51. The van der Waals surface area contributed by atoms with Gasteiger partial charge in [0.25, 0.3) is 0 Å². The summed E-state index contributed by atoms with van der Waals surface area (Å²) in [5.41, 5.74) is 3.51. The number of Topliss-reactive ketones (excluding diaryl/α,β-unsaturated/α-hetero) is 1. The summed E-state index contributed by atoms with van der Waals surface area (Å²) in [6.07, 6.45) is 2.57. The highest BCUT2D eigenvalue weighted by molar-refractivity contribution is 6.62. The first-order valence-electron chi connectivity index (χ1n) is 8.40. The second kappa shape index (κ2) is 5.61. The Kier molecular flexibility index (Phi) is 4.01. The van der Waals surface area contributed by atoms with Crippen molar-refractivity contribution < 1.29 is 14.1 Å². The van der Waals surface area contributed by atoms with Gasteiger partial charge in [0.15, 0.2) is 5.78 Å². The largest absolute Gasteiger partial charge is 0.494 e. The quantitative estimate of drug-likeness (QED) is 0.784. The molecule has 0 atom stereocenters. The number of carbonyl (C=O) groups is 1. The normalized spacial score (nSPS) is 23.5. The van der Waals surface area contributed by atoms with E-state index in [1.54, 1.807) is 0 Å². The van der Waals surface area contributed by atoms with E-state index in [-0.39, 0.29) is 24.1 Å². The van der Waals surface area contributed by atoms with Crippen molar-refractivity contribution in [3.8, 4) is 0 Å². The Hall–Kier alpha value is -1.39. The first kappa shape index (κ1) is 16.5. The van der Waals surface area contributed by atoms with Crippen LogP contribution in [0.1, 0.15) is 59.4 Å². The summed E-state index contributed by atoms with van der Waals surface area (Å²) in [5, 5.41) is 0. The third-order valence-corrected chi connectivity index (χ3v) is 5.46. The molecule has 3 rings (SSSR count). The molecular formula is C19H25BO3. The average Bonchev–Trinajstić information content (AvgIpc) is 2.71. The van der Waals surface area contributed by atoms with Crippen LogP contribution in [0.4, 0.5) is 0 Å². The summed E-state index contributed by atoms with van der Waals surface area (Å²) in [6.45, 7) is 10.2. The molecule has 1 fully saturated rings. The van der Waals surface area contributed by atoms with Crippen LogP contribution in [-0.2, 0) is 14.1 Å². The molecule has 1 aromatic carbocycles. The van der Waals surface area contributed by atoms with Gasteiger partial charge in [0.2, 0.25) is 0 Å². The molecule has 4 heteroatoms. The maximum Gasteiger partial charge on any atom is 0.494 e. The number of carbonyl (C=O) groups excluding carboxylic acids is 1. The van der Waals surface area contributed by atoms with Crippen LogP contribution in [0.5, 0.6) is 0 Å². The average molecular weight is 312 g/mol. The van der Waals surface area contributed by atoms with Crippen LogP contribution in [0.3, 0.4) is 0 Å². The van der Waals surface area contributed by atoms with Crippen LogP contribution < -0.4 is 5.46 Å². The van der Waals surface area contributed by atoms with Gasteiger partial charge in [-0.2, -0.15) is 0 Å². The Morgan fingerprint density at radius 1 is 1.04 bits per heavy atom. The maximum atomic E-state index is 12.0. The SMILES string of the molecule is CC1=C(c2cccc(B3OC(C)(C)C(C)(C)O3)c2)CCCC1=O. The molecule has 0 spiro atoms. The van der Waals surface area contributed by atoms with Crippen molar-refractivity contribution in [1.82, 2.24) is 0 Å². The number of hydrogen-bond acceptors (Lipinski definition) is 3. The molecule has 1 saturated heterocycles. The number of ketones is 1. The molecular weight excluding hydrogens is 287 g/mol. The lowest BCUT2D eigenvalue weighted by Crippen LogP contribution is -2.41. The van der Waals surface area contributed by atoms with Crippen LogP contribution in [0.2, 0.25) is 0 Å². The molecule has 1 aliphatic heterocycles. The fourth-order valence-corrected chi connectivity index (χ4v) is 3.18. The minimum absolute atomic E-state index is 0.271. The van der Waals surface area contributed by atoms with E-state index in [1.807, 2.05) is 19.1 Å². The van der Waals surface area contributed by atoms with E-state index in [4.69, 9.17) is 9.31 Å². The van der Waals surface area contributed by atoms with Gasteiger partial charge < -0.3 is 9.31 Å². The summed E-state index contributed by atoms with van der Waals surface area (Å²) < 4.78 is 12.3. The maximum absolute atomic E-state index is 12.0. The van der Waals surface area contributed by atoms with E-state index in [1.165, 1.54) is 5.57 Å². The molecule has 1 aliphatic carbocycles. The molecule has 2 aliphatic rings. The van der Waals surface area contributed by atoms with Crippen molar-refractivity contribution in [3.05, 3.63) is 35.4 Å². The van der Waals surface area contributed by atoms with Gasteiger partial charge in [0, 0.05) is 6.42 Å². The number of hydrogen-bond donors (Lipinski definition) is 0. The standard InChI is InChI=1S/C19H25BO3/c1-13-16(10-7-11-17(13)21)14-8-6-9-15(12-14)20-22-18(2,3)19(4,5)23-20/h6,8-9,12H,7,10-11H2,1-5H3. The first-order chi connectivity index (χ1) is 10.7. The molecule has 1 heterocycles. The van der Waals surface area contributed by atoms with Crippen LogP contribution >= 0.6 is 0 Å². The molecule has 0 aromatic heterocycles. The zero-order valence-corrected chi connectivity index (χ0v) is 14.7. The van der Waals surface area contributed by atoms with E-state index in [0.717, 1.165) is 29.4 Å². The van der Waals surface area contributed by atoms with E-state index >= 15 is 0 Å². The van der Waals surface area contributed by atoms with Crippen LogP contribution in [-0.4, -0.2) is 24.1 Å². The van der Waals surface area contributed by atoms with Crippen molar-refractivity contribution in [3.63, 3.8) is 0 Å². The highest BCUT2D eigenvalue weighted by atomic mass is 16.7. The minimum Gasteiger partial charge on any atom is -0.399 e. The summed E-state index contributed by atoms with van der Waals surface area (Å²) >= 11 is 0. The molecule has 3 nitrogen and oxygen atoms in total. The molecule has 0 unspecified atom stereocenters. The number of benzene rings is 1. The Bertz CT molecular complexity index is 657. The molecule has 0 saturated carbocycles. The van der Waals surface area contributed by atoms with Crippen molar-refractivity contribution in [2.75, 3.05) is 0 Å². The summed E-state index contributed by atoms with van der Waals surface area (Å²) in [5.74, 6) is 0.271. The smallest absolute Gasteiger partial charge is 0.399 e. The molecule has 0 radical (unpaired) electrons. The van der Waals surface area contributed by atoms with Gasteiger partial charge in [-0.15, -0.1) is 0 Å². The molecule has 122 valence electrons. The first-order valence-corrected chi connectivity index (χ1v) is 8.40. The molecule has 1 aromatic rings. The monoisotopic (exact) mass is 312 g/mol. The van der Waals surface area contributed by atoms with Crippen LogP contribution in [0, 0.1) is 0 Å².